The van der Waals surface area contributed by atoms with Crippen LogP contribution in [-0.4, -0.2) is 64.6 Å². The predicted octanol–water partition coefficient (Wildman–Crippen LogP) is 9.25. The van der Waals surface area contributed by atoms with Gasteiger partial charge >= 0.3 is 11.8 Å². The van der Waals surface area contributed by atoms with E-state index in [2.05, 4.69) is 84.8 Å². The number of nitrogens with one attached hydrogen (secondary N) is 2. The lowest BCUT2D eigenvalue weighted by molar-refractivity contribution is -0.214. The van der Waals surface area contributed by atoms with Crippen molar-refractivity contribution in [2.75, 3.05) is 19.8 Å². The van der Waals surface area contributed by atoms with Crippen molar-refractivity contribution in [2.45, 2.75) is 116 Å². The third-order valence-electron chi connectivity index (χ3n) is 12.5. The molecule has 66 heavy (non-hydrogen) atoms. The van der Waals surface area contributed by atoms with E-state index in [4.69, 9.17) is 23.3 Å². The van der Waals surface area contributed by atoms with Gasteiger partial charge in [0, 0.05) is 44.1 Å². The maximum absolute atomic E-state index is 13.8. The average molecular weight is 916 g/mol. The first-order valence-corrected chi connectivity index (χ1v) is 24.2. The summed E-state index contributed by atoms with van der Waals surface area (Å²) in [5.74, 6) is 7.91. The Balaban J connectivity index is 1.19. The Morgan fingerprint density at radius 3 is 2.15 bits per heavy atom. The van der Waals surface area contributed by atoms with Crippen LogP contribution in [0.3, 0.4) is 0 Å². The second kappa shape index (κ2) is 22.4. The lowest BCUT2D eigenvalue weighted by Gasteiger charge is -2.40. The lowest BCUT2D eigenvalue weighted by Crippen LogP contribution is -2.42. The van der Waals surface area contributed by atoms with Gasteiger partial charge in [0.15, 0.2) is 6.29 Å². The van der Waals surface area contributed by atoms with Crippen molar-refractivity contribution in [2.24, 2.45) is 17.8 Å². The summed E-state index contributed by atoms with van der Waals surface area (Å²) in [7, 11) is -1.78. The van der Waals surface area contributed by atoms with Gasteiger partial charge in [-0.3, -0.25) is 14.3 Å². The molecule has 7 atom stereocenters. The molecule has 1 saturated heterocycles. The van der Waals surface area contributed by atoms with Crippen LogP contribution in [0.1, 0.15) is 106 Å². The van der Waals surface area contributed by atoms with Crippen LogP contribution in [0.4, 0.5) is 4.79 Å². The van der Waals surface area contributed by atoms with Crippen LogP contribution < -0.4 is 16.6 Å². The lowest BCUT2D eigenvalue weighted by atomic mass is 9.79. The van der Waals surface area contributed by atoms with Crippen molar-refractivity contribution < 1.29 is 28.1 Å². The van der Waals surface area contributed by atoms with Crippen molar-refractivity contribution in [1.29, 1.82) is 5.26 Å². The van der Waals surface area contributed by atoms with Gasteiger partial charge in [0.25, 0.3) is 14.1 Å². The molecule has 1 saturated carbocycles. The number of carbonyl (C=O) groups is 1. The minimum Gasteiger partial charge on any atom is -0.449 e. The maximum atomic E-state index is 13.8. The normalized spacial score (nSPS) is 22.0. The molecule has 7 rings (SSSR count). The zero-order valence-electron chi connectivity index (χ0n) is 38.8. The number of aromatic amines is 1. The second-order valence-electron chi connectivity index (χ2n) is 17.8. The highest BCUT2D eigenvalue weighted by atomic mass is 31.2. The first kappa shape index (κ1) is 48.6. The van der Waals surface area contributed by atoms with Crippen molar-refractivity contribution >= 4 is 20.7 Å². The molecule has 14 heteroatoms. The number of aromatic nitrogens is 2. The predicted molar refractivity (Wildman–Crippen MR) is 255 cm³/mol. The number of nitrogens with zero attached hydrogens (tertiary/aromatic N) is 3. The molecule has 0 radical (unpaired) electrons. The zero-order chi connectivity index (χ0) is 46.8. The molecule has 2 N–H and O–H groups in total. The molecule has 1 amide bonds. The van der Waals surface area contributed by atoms with Crippen LogP contribution in [0.25, 0.3) is 6.08 Å². The molecular formula is C52H62N5O8P. The van der Waals surface area contributed by atoms with E-state index < -0.39 is 50.1 Å². The fraction of sp³-hybridized carbons (Fsp3) is 0.462. The van der Waals surface area contributed by atoms with Gasteiger partial charge in [0.2, 0.25) is 0 Å². The molecular weight excluding hydrogens is 854 g/mol. The highest BCUT2D eigenvalue weighted by molar-refractivity contribution is 7.44. The van der Waals surface area contributed by atoms with E-state index in [0.29, 0.717) is 24.4 Å². The first-order chi connectivity index (χ1) is 31.9. The van der Waals surface area contributed by atoms with Gasteiger partial charge in [-0.05, 0) is 88.8 Å². The number of amides is 1. The number of fused-ring (bicyclic) bond motifs is 1. The molecule has 0 bridgehead atoms. The summed E-state index contributed by atoms with van der Waals surface area (Å²) in [5, 5.41) is 12.2. The summed E-state index contributed by atoms with van der Waals surface area (Å²) in [4.78, 5) is 42.1. The molecule has 348 valence electrons. The van der Waals surface area contributed by atoms with E-state index in [-0.39, 0.29) is 43.6 Å². The number of H-pyrrole nitrogens is 1. The number of nitriles is 1. The quantitative estimate of drug-likeness (QED) is 0.0402. The van der Waals surface area contributed by atoms with Gasteiger partial charge in [0.05, 0.1) is 31.3 Å². The van der Waals surface area contributed by atoms with Crippen LogP contribution in [-0.2, 0) is 28.9 Å². The molecule has 3 aliphatic rings. The van der Waals surface area contributed by atoms with Gasteiger partial charge in [-0.15, -0.1) is 11.8 Å². The summed E-state index contributed by atoms with van der Waals surface area (Å²) in [6.45, 7) is 13.0. The monoisotopic (exact) mass is 915 g/mol. The molecule has 2 heterocycles. The molecule has 0 spiro atoms. The van der Waals surface area contributed by atoms with Crippen LogP contribution >= 0.6 is 8.53 Å². The maximum Gasteiger partial charge on any atom is 0.407 e. The Hall–Kier alpha value is -5.37. The SMILES string of the molecule is Cc1ccc(C(O[C@H]2O[C@@H](n3cc(/C=C/CNC(=O)OCC4[C@H]5CCC#CCC[C@@H]45)c(=O)[nH]c3=O)C[C@H]2OP(OCCC#N)N(C(C)C)C(C)C)(c2ccccc2)c2ccc(C)cc2)cc1. The van der Waals surface area contributed by atoms with E-state index in [1.54, 1.807) is 12.2 Å². The molecule has 1 aromatic heterocycles. The number of alkyl carbamates (subject to hydrolysis) is 1. The largest absolute Gasteiger partial charge is 0.449 e. The minimum atomic E-state index is -1.78. The van der Waals surface area contributed by atoms with Gasteiger partial charge < -0.3 is 28.6 Å². The van der Waals surface area contributed by atoms with Crippen LogP contribution in [0, 0.1) is 54.8 Å². The van der Waals surface area contributed by atoms with Crippen LogP contribution in [0.5, 0.6) is 0 Å². The Bertz CT molecular complexity index is 2440. The standard InChI is InChI=1S/C52H62N5O8P/c1-35(2)57(36(3)4)66(62-31-15-29-53)65-46-32-47(56-33-39(48(58)55-50(56)59)16-14-30-54-51(60)61-34-45-43-19-12-7-8-13-20-44(43)45)63-49(46)64-52(40-17-10-9-11-18-40,41-25-21-37(5)22-26-41)42-27-23-38(6)24-28-42/h9-11,14,16-18,21-28,33,35-36,43-47,49H,12-13,15,19-20,30-32,34H2,1-6H3,(H,54,60)(H,55,58,59)/b16-14+/t43-,44+,45?,46-,47-,49-,66?/m1/s1. The molecule has 2 fully saturated rings. The van der Waals surface area contributed by atoms with E-state index >= 15 is 0 Å². The van der Waals surface area contributed by atoms with Gasteiger partial charge in [-0.25, -0.2) is 14.3 Å². The second-order valence-corrected chi connectivity index (χ2v) is 19.2. The highest BCUT2D eigenvalue weighted by Gasteiger charge is 2.50. The number of hydrogen-bond donors (Lipinski definition) is 2. The Labute approximate surface area is 389 Å². The van der Waals surface area contributed by atoms with Gasteiger partial charge in [-0.1, -0.05) is 102 Å². The fourth-order valence-corrected chi connectivity index (χ4v) is 10.9. The fourth-order valence-electron chi connectivity index (χ4n) is 9.19. The van der Waals surface area contributed by atoms with Crippen molar-refractivity contribution in [3.05, 3.63) is 145 Å². The van der Waals surface area contributed by atoms with Crippen molar-refractivity contribution in [3.63, 3.8) is 0 Å². The number of carbonyl (C=O) groups excluding carboxylic acids is 1. The number of aryl methyl sites for hydroxylation is 2. The van der Waals surface area contributed by atoms with E-state index in [9.17, 15) is 19.6 Å². The topological polar surface area (TPSA) is 157 Å². The molecule has 2 aliphatic carbocycles. The smallest absolute Gasteiger partial charge is 0.407 e. The minimum absolute atomic E-state index is 0.0130. The van der Waals surface area contributed by atoms with Crippen LogP contribution in [0.2, 0.25) is 0 Å². The third-order valence-corrected chi connectivity index (χ3v) is 14.7. The van der Waals surface area contributed by atoms with Crippen LogP contribution in [0.15, 0.2) is 101 Å². The molecule has 1 aliphatic heterocycles. The van der Waals surface area contributed by atoms with E-state index in [1.165, 1.54) is 10.8 Å². The Kier molecular flexibility index (Phi) is 16.5. The molecule has 2 unspecified atom stereocenters. The summed E-state index contributed by atoms with van der Waals surface area (Å²) in [5.41, 5.74) is 2.39. The Morgan fingerprint density at radius 2 is 1.56 bits per heavy atom. The summed E-state index contributed by atoms with van der Waals surface area (Å²) in [6, 6.07) is 28.5. The summed E-state index contributed by atoms with van der Waals surface area (Å²) in [6.07, 6.45) is 5.43. The third kappa shape index (κ3) is 11.6. The highest BCUT2D eigenvalue weighted by Crippen LogP contribution is 2.53. The van der Waals surface area contributed by atoms with Gasteiger partial charge in [0.1, 0.15) is 17.9 Å². The summed E-state index contributed by atoms with van der Waals surface area (Å²) < 4.78 is 36.8. The first-order valence-electron chi connectivity index (χ1n) is 23.1. The zero-order valence-corrected chi connectivity index (χ0v) is 39.7. The Morgan fingerprint density at radius 1 is 0.955 bits per heavy atom. The molecule has 3 aromatic carbocycles. The number of hydrogen-bond acceptors (Lipinski definition) is 10. The number of rotatable bonds is 19. The molecule has 13 nitrogen and oxygen atoms in total. The van der Waals surface area contributed by atoms with E-state index in [0.717, 1.165) is 53.5 Å². The number of ether oxygens (including phenoxy) is 3. The average Bonchev–Trinajstić information content (AvgIpc) is 3.77. The van der Waals surface area contributed by atoms with E-state index in [1.807, 2.05) is 68.4 Å². The molecule has 4 aromatic rings. The summed E-state index contributed by atoms with van der Waals surface area (Å²) >= 11 is 0. The van der Waals surface area contributed by atoms with Crippen molar-refractivity contribution in [1.82, 2.24) is 19.5 Å². The van der Waals surface area contributed by atoms with Crippen molar-refractivity contribution in [3.8, 4) is 17.9 Å². The number of benzene rings is 3. The van der Waals surface area contributed by atoms with Gasteiger partial charge in [-0.2, -0.15) is 5.26 Å².